The van der Waals surface area contributed by atoms with Crippen molar-refractivity contribution in [2.45, 2.75) is 0 Å². The minimum absolute atomic E-state index is 0.0762. The van der Waals surface area contributed by atoms with Gasteiger partial charge in [-0.3, -0.25) is 4.79 Å². The quantitative estimate of drug-likeness (QED) is 0.907. The van der Waals surface area contributed by atoms with Crippen LogP contribution in [0.25, 0.3) is 0 Å². The van der Waals surface area contributed by atoms with E-state index in [0.717, 1.165) is 11.3 Å². The molecule has 1 aromatic heterocycles. The Labute approximate surface area is 111 Å². The number of para-hydroxylation sites is 1. The molecule has 0 bridgehead atoms. The smallest absolute Gasteiger partial charge is 0.355 e. The summed E-state index contributed by atoms with van der Waals surface area (Å²) in [6, 6.07) is 6.75. The van der Waals surface area contributed by atoms with Gasteiger partial charge in [-0.05, 0) is 12.1 Å². The molecule has 2 rings (SSSR count). The van der Waals surface area contributed by atoms with Crippen LogP contribution in [0.5, 0.6) is 0 Å². The van der Waals surface area contributed by atoms with E-state index in [-0.39, 0.29) is 10.7 Å². The number of carboxylic acids is 1. The number of nitrogens with zero attached hydrogens (tertiary/aromatic N) is 1. The third-order valence-electron chi connectivity index (χ3n) is 2.04. The van der Waals surface area contributed by atoms with E-state index in [4.69, 9.17) is 16.7 Å². The standard InChI is InChI=1S/C11H7ClN2O3S/c12-6-3-1-2-4-7(6)13-9(15)10-14-8(5-18-10)11(16)17/h1-5H,(H,13,15)(H,16,17). The van der Waals surface area contributed by atoms with Crippen molar-refractivity contribution >= 4 is 40.5 Å². The fourth-order valence-electron chi connectivity index (χ4n) is 1.21. The average molecular weight is 283 g/mol. The SMILES string of the molecule is O=C(O)c1csc(C(=O)Nc2ccccc2Cl)n1. The summed E-state index contributed by atoms with van der Waals surface area (Å²) >= 11 is 6.85. The van der Waals surface area contributed by atoms with Crippen molar-refractivity contribution in [1.82, 2.24) is 4.98 Å². The lowest BCUT2D eigenvalue weighted by molar-refractivity contribution is 0.0691. The summed E-state index contributed by atoms with van der Waals surface area (Å²) in [7, 11) is 0. The van der Waals surface area contributed by atoms with Crippen molar-refractivity contribution in [3.8, 4) is 0 Å². The molecule has 2 N–H and O–H groups in total. The van der Waals surface area contributed by atoms with Gasteiger partial charge in [0.25, 0.3) is 5.91 Å². The van der Waals surface area contributed by atoms with Crippen molar-refractivity contribution in [2.24, 2.45) is 0 Å². The van der Waals surface area contributed by atoms with Crippen molar-refractivity contribution < 1.29 is 14.7 Å². The van der Waals surface area contributed by atoms with Gasteiger partial charge in [0.1, 0.15) is 0 Å². The third-order valence-corrected chi connectivity index (χ3v) is 3.21. The van der Waals surface area contributed by atoms with E-state index < -0.39 is 11.9 Å². The predicted molar refractivity (Wildman–Crippen MR) is 68.5 cm³/mol. The summed E-state index contributed by atoms with van der Waals surface area (Å²) in [6.07, 6.45) is 0. The Morgan fingerprint density at radius 1 is 1.33 bits per heavy atom. The number of halogens is 1. The van der Waals surface area contributed by atoms with Crippen LogP contribution in [0.4, 0.5) is 5.69 Å². The molecule has 0 aliphatic rings. The first kappa shape index (κ1) is 12.5. The van der Waals surface area contributed by atoms with E-state index in [2.05, 4.69) is 10.3 Å². The Hall–Kier alpha value is -1.92. The number of hydrogen-bond donors (Lipinski definition) is 2. The van der Waals surface area contributed by atoms with Crippen molar-refractivity contribution in [3.63, 3.8) is 0 Å². The van der Waals surface area contributed by atoms with Gasteiger partial charge in [0, 0.05) is 5.38 Å². The van der Waals surface area contributed by atoms with Gasteiger partial charge in [-0.15, -0.1) is 11.3 Å². The van der Waals surface area contributed by atoms with E-state index in [1.807, 2.05) is 0 Å². The van der Waals surface area contributed by atoms with E-state index in [0.29, 0.717) is 10.7 Å². The minimum Gasteiger partial charge on any atom is -0.476 e. The van der Waals surface area contributed by atoms with Crippen LogP contribution in [0.3, 0.4) is 0 Å². The highest BCUT2D eigenvalue weighted by Gasteiger charge is 2.15. The molecule has 1 aromatic carbocycles. The van der Waals surface area contributed by atoms with Crippen molar-refractivity contribution in [3.05, 3.63) is 45.4 Å². The Balaban J connectivity index is 2.17. The first-order valence-electron chi connectivity index (χ1n) is 4.82. The molecule has 5 nitrogen and oxygen atoms in total. The number of thiazole rings is 1. The molecule has 1 heterocycles. The van der Waals surface area contributed by atoms with Gasteiger partial charge in [-0.25, -0.2) is 9.78 Å². The molecular formula is C11H7ClN2O3S. The molecule has 0 spiro atoms. The maximum atomic E-state index is 11.8. The summed E-state index contributed by atoms with van der Waals surface area (Å²) in [5, 5.41) is 13.1. The first-order chi connectivity index (χ1) is 8.58. The summed E-state index contributed by atoms with van der Waals surface area (Å²) in [5.41, 5.74) is 0.306. The summed E-state index contributed by atoms with van der Waals surface area (Å²) in [4.78, 5) is 26.1. The van der Waals surface area contributed by atoms with Gasteiger partial charge in [0.2, 0.25) is 0 Å². The molecule has 0 fully saturated rings. The third kappa shape index (κ3) is 2.66. The monoisotopic (exact) mass is 282 g/mol. The largest absolute Gasteiger partial charge is 0.476 e. The molecule has 7 heteroatoms. The zero-order chi connectivity index (χ0) is 13.1. The van der Waals surface area contributed by atoms with E-state index in [1.54, 1.807) is 24.3 Å². The molecular weight excluding hydrogens is 276 g/mol. The zero-order valence-electron chi connectivity index (χ0n) is 8.88. The second kappa shape index (κ2) is 5.16. The maximum Gasteiger partial charge on any atom is 0.355 e. The van der Waals surface area contributed by atoms with E-state index >= 15 is 0 Å². The lowest BCUT2D eigenvalue weighted by Gasteiger charge is -2.04. The van der Waals surface area contributed by atoms with Crippen LogP contribution in [0.2, 0.25) is 5.02 Å². The highest BCUT2D eigenvalue weighted by atomic mass is 35.5. The number of hydrogen-bond acceptors (Lipinski definition) is 4. The fraction of sp³-hybridized carbons (Fsp3) is 0. The summed E-state index contributed by atoms with van der Waals surface area (Å²) in [5.74, 6) is -1.65. The lowest BCUT2D eigenvalue weighted by Crippen LogP contribution is -2.12. The second-order valence-corrected chi connectivity index (χ2v) is 4.54. The van der Waals surface area contributed by atoms with Crippen LogP contribution in [-0.4, -0.2) is 22.0 Å². The van der Waals surface area contributed by atoms with Gasteiger partial charge >= 0.3 is 5.97 Å². The van der Waals surface area contributed by atoms with Gasteiger partial charge in [-0.1, -0.05) is 23.7 Å². The molecule has 0 radical (unpaired) electrons. The number of rotatable bonds is 3. The molecule has 0 unspecified atom stereocenters. The number of aromatic nitrogens is 1. The molecule has 18 heavy (non-hydrogen) atoms. The van der Waals surface area contributed by atoms with Gasteiger partial charge in [-0.2, -0.15) is 0 Å². The molecule has 0 aliphatic heterocycles. The molecule has 2 aromatic rings. The molecule has 1 amide bonds. The zero-order valence-corrected chi connectivity index (χ0v) is 10.5. The molecule has 0 saturated heterocycles. The molecule has 0 aliphatic carbocycles. The van der Waals surface area contributed by atoms with Crippen molar-refractivity contribution in [2.75, 3.05) is 5.32 Å². The van der Waals surface area contributed by atoms with Crippen LogP contribution in [0, 0.1) is 0 Å². The summed E-state index contributed by atoms with van der Waals surface area (Å²) in [6.45, 7) is 0. The highest BCUT2D eigenvalue weighted by Crippen LogP contribution is 2.21. The Morgan fingerprint density at radius 3 is 2.67 bits per heavy atom. The van der Waals surface area contributed by atoms with Crippen LogP contribution < -0.4 is 5.32 Å². The van der Waals surface area contributed by atoms with Crippen LogP contribution in [-0.2, 0) is 0 Å². The first-order valence-corrected chi connectivity index (χ1v) is 6.08. The minimum atomic E-state index is -1.16. The molecule has 92 valence electrons. The Kier molecular flexibility index (Phi) is 3.59. The number of aromatic carboxylic acids is 1. The number of benzene rings is 1. The predicted octanol–water partition coefficient (Wildman–Crippen LogP) is 2.75. The Morgan fingerprint density at radius 2 is 2.06 bits per heavy atom. The highest BCUT2D eigenvalue weighted by molar-refractivity contribution is 7.12. The van der Waals surface area contributed by atoms with Gasteiger partial charge < -0.3 is 10.4 Å². The van der Waals surface area contributed by atoms with E-state index in [9.17, 15) is 9.59 Å². The van der Waals surface area contributed by atoms with Gasteiger partial charge in [0.05, 0.1) is 10.7 Å². The lowest BCUT2D eigenvalue weighted by atomic mass is 10.3. The van der Waals surface area contributed by atoms with Crippen LogP contribution in [0.15, 0.2) is 29.6 Å². The molecule has 0 atom stereocenters. The topological polar surface area (TPSA) is 79.3 Å². The number of carboxylic acid groups (broad SMARTS) is 1. The number of carbonyl (C=O) groups excluding carboxylic acids is 1. The van der Waals surface area contributed by atoms with Crippen LogP contribution >= 0.6 is 22.9 Å². The number of amides is 1. The van der Waals surface area contributed by atoms with Gasteiger partial charge in [0.15, 0.2) is 10.7 Å². The fourth-order valence-corrected chi connectivity index (χ4v) is 2.08. The average Bonchev–Trinajstić information content (AvgIpc) is 2.81. The molecule has 0 saturated carbocycles. The van der Waals surface area contributed by atoms with Crippen LogP contribution in [0.1, 0.15) is 20.3 Å². The normalized spacial score (nSPS) is 10.1. The van der Waals surface area contributed by atoms with Crippen molar-refractivity contribution in [1.29, 1.82) is 0 Å². The number of anilines is 1. The number of nitrogens with one attached hydrogen (secondary N) is 1. The maximum absolute atomic E-state index is 11.8. The second-order valence-electron chi connectivity index (χ2n) is 3.28. The number of carbonyl (C=O) groups is 2. The summed E-state index contributed by atoms with van der Waals surface area (Å²) < 4.78 is 0. The Bertz CT molecular complexity index is 612. The van der Waals surface area contributed by atoms with E-state index in [1.165, 1.54) is 5.38 Å².